The van der Waals surface area contributed by atoms with Crippen molar-refractivity contribution in [2.75, 3.05) is 0 Å². The van der Waals surface area contributed by atoms with Gasteiger partial charge < -0.3 is 5.32 Å². The molecule has 3 aliphatic carbocycles. The Labute approximate surface area is 67.6 Å². The zero-order valence-corrected chi connectivity index (χ0v) is 6.79. The van der Waals surface area contributed by atoms with E-state index in [9.17, 15) is 0 Å². The zero-order chi connectivity index (χ0) is 7.00. The highest BCUT2D eigenvalue weighted by atomic mass is 15.1. The van der Waals surface area contributed by atoms with Crippen LogP contribution in [0.15, 0.2) is 0 Å². The van der Waals surface area contributed by atoms with E-state index in [-0.39, 0.29) is 0 Å². The first-order valence-electron chi connectivity index (χ1n) is 5.19. The number of hydrogen-bond acceptors (Lipinski definition) is 1. The van der Waals surface area contributed by atoms with Gasteiger partial charge in [-0.3, -0.25) is 0 Å². The van der Waals surface area contributed by atoms with E-state index < -0.39 is 0 Å². The molecule has 0 spiro atoms. The lowest BCUT2D eigenvalue weighted by Crippen LogP contribution is -2.29. The summed E-state index contributed by atoms with van der Waals surface area (Å²) in [6.45, 7) is 0. The van der Waals surface area contributed by atoms with Crippen LogP contribution in [0.2, 0.25) is 0 Å². The topological polar surface area (TPSA) is 12.0 Å². The quantitative estimate of drug-likeness (QED) is 0.549. The SMILES string of the molecule is C1C2CC3C1NC1CCC2C13. The summed E-state index contributed by atoms with van der Waals surface area (Å²) in [5.74, 6) is 4.57. The van der Waals surface area contributed by atoms with Crippen LogP contribution in [-0.2, 0) is 0 Å². The van der Waals surface area contributed by atoms with Crippen molar-refractivity contribution < 1.29 is 0 Å². The molecular weight excluding hydrogens is 134 g/mol. The maximum atomic E-state index is 3.84. The average Bonchev–Trinajstić information content (AvgIpc) is 2.49. The van der Waals surface area contributed by atoms with Gasteiger partial charge in [0.2, 0.25) is 0 Å². The van der Waals surface area contributed by atoms with Crippen LogP contribution in [0.25, 0.3) is 0 Å². The second-order valence-electron chi connectivity index (χ2n) is 5.09. The minimum atomic E-state index is 0.961. The largest absolute Gasteiger partial charge is 0.311 e. The predicted octanol–water partition coefficient (Wildman–Crippen LogP) is 1.39. The molecule has 4 rings (SSSR count). The number of rotatable bonds is 0. The van der Waals surface area contributed by atoms with Gasteiger partial charge in [-0.05, 0) is 49.4 Å². The van der Waals surface area contributed by atoms with Crippen molar-refractivity contribution in [1.29, 1.82) is 0 Å². The van der Waals surface area contributed by atoms with E-state index >= 15 is 0 Å². The molecule has 0 aromatic carbocycles. The Morgan fingerprint density at radius 2 is 1.91 bits per heavy atom. The standard InChI is InChI=1S/C10H15N/c1-2-8-10-6(1)5-3-7(10)9(4-5)11-8/h5-11H,1-4H2. The molecule has 1 aliphatic heterocycles. The number of fused-ring (bicyclic) bond motifs is 2. The van der Waals surface area contributed by atoms with Crippen molar-refractivity contribution in [2.45, 2.75) is 37.8 Å². The molecule has 0 radical (unpaired) electrons. The maximum Gasteiger partial charge on any atom is 0.0104 e. The summed E-state index contributed by atoms with van der Waals surface area (Å²) in [5, 5.41) is 3.84. The average molecular weight is 149 g/mol. The van der Waals surface area contributed by atoms with E-state index in [1.165, 1.54) is 12.8 Å². The fraction of sp³-hybridized carbons (Fsp3) is 1.00. The molecule has 0 aromatic heterocycles. The van der Waals surface area contributed by atoms with Gasteiger partial charge in [-0.1, -0.05) is 0 Å². The molecule has 3 saturated carbocycles. The van der Waals surface area contributed by atoms with Crippen LogP contribution in [0.4, 0.5) is 0 Å². The zero-order valence-electron chi connectivity index (χ0n) is 6.79. The van der Waals surface area contributed by atoms with E-state index in [4.69, 9.17) is 0 Å². The third-order valence-electron chi connectivity index (χ3n) is 4.95. The van der Waals surface area contributed by atoms with Gasteiger partial charge >= 0.3 is 0 Å². The first-order valence-corrected chi connectivity index (χ1v) is 5.19. The van der Waals surface area contributed by atoms with E-state index in [1.54, 1.807) is 12.8 Å². The van der Waals surface area contributed by atoms with E-state index in [2.05, 4.69) is 5.32 Å². The van der Waals surface area contributed by atoms with Gasteiger partial charge in [0.15, 0.2) is 0 Å². The lowest BCUT2D eigenvalue weighted by molar-refractivity contribution is 0.278. The monoisotopic (exact) mass is 149 g/mol. The predicted molar refractivity (Wildman–Crippen MR) is 43.1 cm³/mol. The Bertz CT molecular complexity index is 209. The Balaban J connectivity index is 1.89. The first-order chi connectivity index (χ1) is 5.43. The Hall–Kier alpha value is -0.0400. The molecule has 1 N–H and O–H groups in total. The summed E-state index contributed by atoms with van der Waals surface area (Å²) in [7, 11) is 0. The molecule has 1 heteroatoms. The molecule has 6 atom stereocenters. The third-order valence-corrected chi connectivity index (χ3v) is 4.95. The molecule has 1 saturated heterocycles. The number of hydrogen-bond donors (Lipinski definition) is 1. The second-order valence-corrected chi connectivity index (χ2v) is 5.09. The summed E-state index contributed by atoms with van der Waals surface area (Å²) in [4.78, 5) is 0. The highest BCUT2D eigenvalue weighted by Crippen LogP contribution is 2.62. The van der Waals surface area contributed by atoms with Crippen LogP contribution in [0, 0.1) is 23.7 Å². The van der Waals surface area contributed by atoms with Gasteiger partial charge in [-0.15, -0.1) is 0 Å². The van der Waals surface area contributed by atoms with Gasteiger partial charge in [-0.2, -0.15) is 0 Å². The molecule has 0 amide bonds. The fourth-order valence-electron chi connectivity index (χ4n) is 4.77. The molecule has 4 aliphatic rings. The normalized spacial score (nSPS) is 69.8. The van der Waals surface area contributed by atoms with Gasteiger partial charge in [0, 0.05) is 12.1 Å². The minimum Gasteiger partial charge on any atom is -0.311 e. The molecule has 2 bridgehead atoms. The van der Waals surface area contributed by atoms with Gasteiger partial charge in [-0.25, -0.2) is 0 Å². The summed E-state index contributed by atoms with van der Waals surface area (Å²) >= 11 is 0. The summed E-state index contributed by atoms with van der Waals surface area (Å²) < 4.78 is 0. The van der Waals surface area contributed by atoms with Crippen LogP contribution in [0.1, 0.15) is 25.7 Å². The minimum absolute atomic E-state index is 0.961. The van der Waals surface area contributed by atoms with Crippen LogP contribution in [0.3, 0.4) is 0 Å². The molecule has 6 unspecified atom stereocenters. The van der Waals surface area contributed by atoms with Crippen molar-refractivity contribution >= 4 is 0 Å². The molecular formula is C10H15N. The summed E-state index contributed by atoms with van der Waals surface area (Å²) in [6.07, 6.45) is 6.17. The van der Waals surface area contributed by atoms with Crippen LogP contribution in [-0.4, -0.2) is 12.1 Å². The van der Waals surface area contributed by atoms with Crippen molar-refractivity contribution in [1.82, 2.24) is 5.32 Å². The summed E-state index contributed by atoms with van der Waals surface area (Å²) in [6, 6.07) is 1.93. The Kier molecular flexibility index (Phi) is 0.769. The second kappa shape index (κ2) is 1.52. The van der Waals surface area contributed by atoms with Crippen molar-refractivity contribution in [3.05, 3.63) is 0 Å². The van der Waals surface area contributed by atoms with Gasteiger partial charge in [0.1, 0.15) is 0 Å². The Morgan fingerprint density at radius 1 is 0.909 bits per heavy atom. The van der Waals surface area contributed by atoms with Crippen LogP contribution in [0.5, 0.6) is 0 Å². The van der Waals surface area contributed by atoms with Gasteiger partial charge in [0.05, 0.1) is 0 Å². The van der Waals surface area contributed by atoms with Crippen LogP contribution >= 0.6 is 0 Å². The highest BCUT2D eigenvalue weighted by molar-refractivity contribution is 5.15. The summed E-state index contributed by atoms with van der Waals surface area (Å²) in [5.41, 5.74) is 0. The van der Waals surface area contributed by atoms with Crippen molar-refractivity contribution in [2.24, 2.45) is 23.7 Å². The molecule has 1 heterocycles. The molecule has 4 fully saturated rings. The smallest absolute Gasteiger partial charge is 0.0104 e. The third kappa shape index (κ3) is 0.462. The molecule has 0 aromatic rings. The lowest BCUT2D eigenvalue weighted by atomic mass is 9.82. The van der Waals surface area contributed by atoms with Gasteiger partial charge in [0.25, 0.3) is 0 Å². The van der Waals surface area contributed by atoms with E-state index in [0.717, 1.165) is 35.8 Å². The maximum absolute atomic E-state index is 3.84. The van der Waals surface area contributed by atoms with E-state index in [0.29, 0.717) is 0 Å². The van der Waals surface area contributed by atoms with Crippen molar-refractivity contribution in [3.63, 3.8) is 0 Å². The number of nitrogens with one attached hydrogen (secondary N) is 1. The molecule has 1 nitrogen and oxygen atoms in total. The first kappa shape index (κ1) is 5.58. The lowest BCUT2D eigenvalue weighted by Gasteiger charge is -2.23. The van der Waals surface area contributed by atoms with Crippen molar-refractivity contribution in [3.8, 4) is 0 Å². The van der Waals surface area contributed by atoms with E-state index in [1.807, 2.05) is 0 Å². The Morgan fingerprint density at radius 3 is 2.91 bits per heavy atom. The molecule has 11 heavy (non-hydrogen) atoms. The van der Waals surface area contributed by atoms with Crippen LogP contribution < -0.4 is 5.32 Å². The fourth-order valence-corrected chi connectivity index (χ4v) is 4.77. The molecule has 60 valence electrons. The highest BCUT2D eigenvalue weighted by Gasteiger charge is 2.61.